The summed E-state index contributed by atoms with van der Waals surface area (Å²) in [4.78, 5) is 20.3. The van der Waals surface area contributed by atoms with Crippen molar-refractivity contribution in [3.8, 4) is 0 Å². The van der Waals surface area contributed by atoms with Crippen LogP contribution in [0.5, 0.6) is 0 Å². The average molecular weight is 309 g/mol. The molecule has 1 aliphatic rings. The van der Waals surface area contributed by atoms with E-state index in [4.69, 9.17) is 0 Å². The second-order valence-electron chi connectivity index (χ2n) is 5.07. The van der Waals surface area contributed by atoms with E-state index in [1.54, 1.807) is 11.3 Å². The molecule has 1 heterocycles. The maximum absolute atomic E-state index is 11.6. The van der Waals surface area contributed by atoms with E-state index < -0.39 is 0 Å². The Kier molecular flexibility index (Phi) is 5.98. The molecule has 1 aromatic heterocycles. The predicted octanol–water partition coefficient (Wildman–Crippen LogP) is 0.828. The van der Waals surface area contributed by atoms with Crippen molar-refractivity contribution in [3.63, 3.8) is 0 Å². The molecule has 2 rings (SSSR count). The van der Waals surface area contributed by atoms with Gasteiger partial charge in [0, 0.05) is 30.9 Å². The third kappa shape index (κ3) is 6.12. The highest BCUT2D eigenvalue weighted by atomic mass is 32.1. The van der Waals surface area contributed by atoms with Crippen molar-refractivity contribution in [2.75, 3.05) is 19.6 Å². The summed E-state index contributed by atoms with van der Waals surface area (Å²) >= 11 is 1.66. The van der Waals surface area contributed by atoms with E-state index in [-0.39, 0.29) is 12.5 Å². The van der Waals surface area contributed by atoms with Crippen LogP contribution in [-0.4, -0.2) is 42.5 Å². The number of aliphatic imine (C=N–C) groups is 1. The summed E-state index contributed by atoms with van der Waals surface area (Å²) in [6.45, 7) is 5.70. The second-order valence-corrected chi connectivity index (χ2v) is 6.13. The number of guanidine groups is 1. The van der Waals surface area contributed by atoms with Crippen molar-refractivity contribution in [3.05, 3.63) is 16.1 Å². The Morgan fingerprint density at radius 3 is 2.90 bits per heavy atom. The van der Waals surface area contributed by atoms with Crippen molar-refractivity contribution >= 4 is 23.2 Å². The SMILES string of the molecule is CCNC(=NCC(=O)NC1CC1)NCCc1csc(C)n1. The lowest BCUT2D eigenvalue weighted by molar-refractivity contribution is -0.119. The molecular formula is C14H23N5OS. The van der Waals surface area contributed by atoms with Gasteiger partial charge >= 0.3 is 0 Å². The maximum atomic E-state index is 11.6. The highest BCUT2D eigenvalue weighted by Gasteiger charge is 2.22. The number of aryl methyl sites for hydroxylation is 1. The van der Waals surface area contributed by atoms with Crippen LogP contribution in [-0.2, 0) is 11.2 Å². The van der Waals surface area contributed by atoms with E-state index in [0.717, 1.165) is 43.1 Å². The molecule has 1 aromatic rings. The van der Waals surface area contributed by atoms with Crippen LogP contribution in [0.2, 0.25) is 0 Å². The molecule has 0 spiro atoms. The summed E-state index contributed by atoms with van der Waals surface area (Å²) in [5.41, 5.74) is 1.09. The lowest BCUT2D eigenvalue weighted by Gasteiger charge is -2.10. The van der Waals surface area contributed by atoms with Gasteiger partial charge in [0.15, 0.2) is 5.96 Å². The van der Waals surface area contributed by atoms with Crippen LogP contribution in [0, 0.1) is 6.92 Å². The Morgan fingerprint density at radius 2 is 2.29 bits per heavy atom. The van der Waals surface area contributed by atoms with Gasteiger partial charge in [-0.05, 0) is 26.7 Å². The Hall–Kier alpha value is -1.63. The zero-order chi connectivity index (χ0) is 15.1. The largest absolute Gasteiger partial charge is 0.357 e. The van der Waals surface area contributed by atoms with Crippen molar-refractivity contribution in [2.24, 2.45) is 4.99 Å². The lowest BCUT2D eigenvalue weighted by Crippen LogP contribution is -2.39. The first-order valence-electron chi connectivity index (χ1n) is 7.40. The fourth-order valence-corrected chi connectivity index (χ4v) is 2.47. The van der Waals surface area contributed by atoms with Crippen LogP contribution in [0.4, 0.5) is 0 Å². The molecule has 0 saturated heterocycles. The molecular weight excluding hydrogens is 286 g/mol. The number of nitrogens with zero attached hydrogens (tertiary/aromatic N) is 2. The molecule has 1 aliphatic carbocycles. The second kappa shape index (κ2) is 7.97. The van der Waals surface area contributed by atoms with Gasteiger partial charge in [-0.1, -0.05) is 0 Å². The van der Waals surface area contributed by atoms with E-state index in [2.05, 4.69) is 31.3 Å². The first-order valence-corrected chi connectivity index (χ1v) is 8.28. The molecule has 21 heavy (non-hydrogen) atoms. The normalized spacial score (nSPS) is 14.9. The fourth-order valence-electron chi connectivity index (χ4n) is 1.83. The molecule has 1 fully saturated rings. The maximum Gasteiger partial charge on any atom is 0.242 e. The Bertz CT molecular complexity index is 495. The van der Waals surface area contributed by atoms with Crippen LogP contribution in [0.1, 0.15) is 30.5 Å². The highest BCUT2D eigenvalue weighted by molar-refractivity contribution is 7.09. The van der Waals surface area contributed by atoms with Gasteiger partial charge in [0.25, 0.3) is 0 Å². The van der Waals surface area contributed by atoms with Gasteiger partial charge in [0.05, 0.1) is 10.7 Å². The number of hydrogen-bond donors (Lipinski definition) is 3. The van der Waals surface area contributed by atoms with Crippen LogP contribution >= 0.6 is 11.3 Å². The molecule has 0 unspecified atom stereocenters. The number of amides is 1. The van der Waals surface area contributed by atoms with Crippen molar-refractivity contribution in [2.45, 2.75) is 39.2 Å². The van der Waals surface area contributed by atoms with E-state index in [9.17, 15) is 4.79 Å². The van der Waals surface area contributed by atoms with Crippen molar-refractivity contribution in [1.29, 1.82) is 0 Å². The molecule has 1 amide bonds. The molecule has 3 N–H and O–H groups in total. The fraction of sp³-hybridized carbons (Fsp3) is 0.643. The minimum Gasteiger partial charge on any atom is -0.357 e. The first-order chi connectivity index (χ1) is 10.2. The quantitative estimate of drug-likeness (QED) is 0.515. The summed E-state index contributed by atoms with van der Waals surface area (Å²) in [5, 5.41) is 12.5. The minimum atomic E-state index is -0.00942. The van der Waals surface area contributed by atoms with Crippen LogP contribution in [0.15, 0.2) is 10.4 Å². The van der Waals surface area contributed by atoms with Gasteiger partial charge in [-0.15, -0.1) is 11.3 Å². The summed E-state index contributed by atoms with van der Waals surface area (Å²) in [5.74, 6) is 0.667. The Morgan fingerprint density at radius 1 is 1.48 bits per heavy atom. The van der Waals surface area contributed by atoms with Gasteiger partial charge in [-0.3, -0.25) is 4.79 Å². The molecule has 0 aromatic carbocycles. The number of hydrogen-bond acceptors (Lipinski definition) is 4. The standard InChI is InChI=1S/C14H23N5OS/c1-3-15-14(17-8-13(20)19-11-4-5-11)16-7-6-12-9-21-10(2)18-12/h9,11H,3-8H2,1-2H3,(H,19,20)(H2,15,16,17). The molecule has 0 atom stereocenters. The van der Waals surface area contributed by atoms with Gasteiger partial charge in [0.1, 0.15) is 6.54 Å². The third-order valence-electron chi connectivity index (χ3n) is 3.01. The summed E-state index contributed by atoms with van der Waals surface area (Å²) in [6.07, 6.45) is 3.05. The predicted molar refractivity (Wildman–Crippen MR) is 85.7 cm³/mol. The number of carbonyl (C=O) groups is 1. The molecule has 116 valence electrons. The van der Waals surface area contributed by atoms with Crippen LogP contribution in [0.25, 0.3) is 0 Å². The van der Waals surface area contributed by atoms with Gasteiger partial charge in [0.2, 0.25) is 5.91 Å². The molecule has 0 aliphatic heterocycles. The lowest BCUT2D eigenvalue weighted by atomic mass is 10.3. The third-order valence-corrected chi connectivity index (χ3v) is 3.83. The molecule has 7 heteroatoms. The molecule has 0 bridgehead atoms. The first kappa shape index (κ1) is 15.8. The van der Waals surface area contributed by atoms with Gasteiger partial charge in [-0.2, -0.15) is 0 Å². The Balaban J connectivity index is 1.73. The smallest absolute Gasteiger partial charge is 0.242 e. The summed E-state index contributed by atoms with van der Waals surface area (Å²) in [7, 11) is 0. The van der Waals surface area contributed by atoms with E-state index in [0.29, 0.717) is 12.0 Å². The number of carbonyl (C=O) groups excluding carboxylic acids is 1. The summed E-state index contributed by atoms with van der Waals surface area (Å²) < 4.78 is 0. The number of aromatic nitrogens is 1. The van der Waals surface area contributed by atoms with Crippen LogP contribution < -0.4 is 16.0 Å². The van der Waals surface area contributed by atoms with Crippen LogP contribution in [0.3, 0.4) is 0 Å². The number of nitrogens with one attached hydrogen (secondary N) is 3. The van der Waals surface area contributed by atoms with Gasteiger partial charge < -0.3 is 16.0 Å². The minimum absolute atomic E-state index is 0.00942. The topological polar surface area (TPSA) is 78.4 Å². The monoisotopic (exact) mass is 309 g/mol. The zero-order valence-corrected chi connectivity index (χ0v) is 13.4. The van der Waals surface area contributed by atoms with Gasteiger partial charge in [-0.25, -0.2) is 9.98 Å². The zero-order valence-electron chi connectivity index (χ0n) is 12.6. The molecule has 6 nitrogen and oxygen atoms in total. The van der Waals surface area contributed by atoms with Crippen molar-refractivity contribution < 1.29 is 4.79 Å². The van der Waals surface area contributed by atoms with E-state index in [1.807, 2.05) is 13.8 Å². The highest BCUT2D eigenvalue weighted by Crippen LogP contribution is 2.18. The number of thiazole rings is 1. The number of rotatable bonds is 7. The average Bonchev–Trinajstić information content (AvgIpc) is 3.16. The Labute approximate surface area is 129 Å². The molecule has 0 radical (unpaired) electrons. The van der Waals surface area contributed by atoms with E-state index >= 15 is 0 Å². The van der Waals surface area contributed by atoms with Crippen molar-refractivity contribution in [1.82, 2.24) is 20.9 Å². The summed E-state index contributed by atoms with van der Waals surface area (Å²) in [6, 6.07) is 0.385. The van der Waals surface area contributed by atoms with E-state index in [1.165, 1.54) is 0 Å². The molecule has 1 saturated carbocycles.